The molecule has 2 aromatic heterocycles. The Balaban J connectivity index is 1.26. The SMILES string of the molecule is CCC(CNC(O)N=c1scc(C)n1-c1ccc(OC)cc1C(C)C)c1ccc(-c2ncn(-c3ccc(OC(F)(F)F)cc3)n2)cc1. The summed E-state index contributed by atoms with van der Waals surface area (Å²) in [5, 5.41) is 20.6. The summed E-state index contributed by atoms with van der Waals surface area (Å²) in [6, 6.07) is 19.3. The van der Waals surface area contributed by atoms with Crippen LogP contribution in [-0.2, 0) is 0 Å². The summed E-state index contributed by atoms with van der Waals surface area (Å²) in [4.78, 5) is 9.67. The zero-order chi connectivity index (χ0) is 33.7. The fraction of sp³-hybridized carbons (Fsp3) is 0.324. The minimum absolute atomic E-state index is 0.114. The number of alkyl halides is 3. The lowest BCUT2D eigenvalue weighted by atomic mass is 9.95. The number of benzene rings is 3. The van der Waals surface area contributed by atoms with E-state index in [1.807, 2.05) is 54.8 Å². The smallest absolute Gasteiger partial charge is 0.497 e. The topological polar surface area (TPSA) is 98.7 Å². The Bertz CT molecular complexity index is 1850. The number of thiazole rings is 1. The lowest BCUT2D eigenvalue weighted by Gasteiger charge is -2.19. The van der Waals surface area contributed by atoms with Crippen LogP contribution >= 0.6 is 11.3 Å². The van der Waals surface area contributed by atoms with Crippen molar-refractivity contribution in [1.82, 2.24) is 24.6 Å². The van der Waals surface area contributed by atoms with E-state index in [-0.39, 0.29) is 17.6 Å². The van der Waals surface area contributed by atoms with Gasteiger partial charge in [0.05, 0.1) is 18.5 Å². The second kappa shape index (κ2) is 14.5. The Morgan fingerprint density at radius 2 is 1.72 bits per heavy atom. The van der Waals surface area contributed by atoms with Gasteiger partial charge in [-0.3, -0.25) is 9.88 Å². The number of ether oxygens (including phenoxy) is 2. The highest BCUT2D eigenvalue weighted by Crippen LogP contribution is 2.29. The molecule has 248 valence electrons. The first kappa shape index (κ1) is 33.9. The van der Waals surface area contributed by atoms with Gasteiger partial charge >= 0.3 is 6.36 Å². The number of nitrogens with zero attached hydrogens (tertiary/aromatic N) is 5. The molecule has 0 spiro atoms. The molecule has 2 unspecified atom stereocenters. The normalized spacial score (nSPS) is 13.6. The molecule has 0 aliphatic heterocycles. The van der Waals surface area contributed by atoms with Gasteiger partial charge in [-0.05, 0) is 78.8 Å². The van der Waals surface area contributed by atoms with E-state index >= 15 is 0 Å². The lowest BCUT2D eigenvalue weighted by Crippen LogP contribution is -2.33. The summed E-state index contributed by atoms with van der Waals surface area (Å²) in [6.07, 6.45) is -3.51. The van der Waals surface area contributed by atoms with Crippen molar-refractivity contribution in [2.75, 3.05) is 13.7 Å². The molecule has 13 heteroatoms. The number of aliphatic hydroxyl groups excluding tert-OH is 1. The van der Waals surface area contributed by atoms with Gasteiger partial charge in [-0.25, -0.2) is 14.7 Å². The lowest BCUT2D eigenvalue weighted by molar-refractivity contribution is -0.274. The van der Waals surface area contributed by atoms with Gasteiger partial charge in [0, 0.05) is 23.2 Å². The number of aryl methyl sites for hydroxylation is 1. The largest absolute Gasteiger partial charge is 0.573 e. The molecule has 9 nitrogen and oxygen atoms in total. The van der Waals surface area contributed by atoms with Crippen LogP contribution in [0.3, 0.4) is 0 Å². The van der Waals surface area contributed by atoms with Crippen molar-refractivity contribution < 1.29 is 27.8 Å². The molecule has 0 bridgehead atoms. The highest BCUT2D eigenvalue weighted by Gasteiger charge is 2.31. The highest BCUT2D eigenvalue weighted by molar-refractivity contribution is 7.07. The van der Waals surface area contributed by atoms with Crippen LogP contribution in [0.2, 0.25) is 0 Å². The van der Waals surface area contributed by atoms with Crippen molar-refractivity contribution in [3.05, 3.63) is 100 Å². The van der Waals surface area contributed by atoms with Crippen LogP contribution < -0.4 is 19.6 Å². The minimum atomic E-state index is -4.75. The van der Waals surface area contributed by atoms with Gasteiger partial charge in [-0.15, -0.1) is 29.6 Å². The molecule has 0 fully saturated rings. The van der Waals surface area contributed by atoms with Crippen LogP contribution in [0.1, 0.15) is 55.8 Å². The summed E-state index contributed by atoms with van der Waals surface area (Å²) in [5.41, 5.74) is 5.57. The third kappa shape index (κ3) is 8.28. The Hall–Kier alpha value is -4.46. The predicted octanol–water partition coefficient (Wildman–Crippen LogP) is 7.09. The molecule has 0 saturated heterocycles. The number of methoxy groups -OCH3 is 1. The van der Waals surface area contributed by atoms with Gasteiger partial charge in [0.2, 0.25) is 6.35 Å². The second-order valence-electron chi connectivity index (χ2n) is 11.3. The number of aromatic nitrogens is 4. The molecule has 2 N–H and O–H groups in total. The zero-order valence-corrected chi connectivity index (χ0v) is 27.5. The second-order valence-corrected chi connectivity index (χ2v) is 12.1. The number of hydrogen-bond donors (Lipinski definition) is 2. The maximum atomic E-state index is 12.5. The maximum absolute atomic E-state index is 12.5. The molecule has 0 aliphatic rings. The van der Waals surface area contributed by atoms with Crippen LogP contribution in [0.5, 0.6) is 11.5 Å². The number of nitrogens with one attached hydrogen (secondary N) is 1. The molecule has 0 saturated carbocycles. The number of halogens is 3. The Kier molecular flexibility index (Phi) is 10.5. The first-order valence-electron chi connectivity index (χ1n) is 15.1. The van der Waals surface area contributed by atoms with E-state index in [0.29, 0.717) is 22.9 Å². The van der Waals surface area contributed by atoms with E-state index in [4.69, 9.17) is 4.74 Å². The van der Waals surface area contributed by atoms with Gasteiger partial charge in [-0.1, -0.05) is 45.0 Å². The van der Waals surface area contributed by atoms with Crippen molar-refractivity contribution in [2.45, 2.75) is 58.7 Å². The van der Waals surface area contributed by atoms with Crippen molar-refractivity contribution >= 4 is 11.3 Å². The van der Waals surface area contributed by atoms with Crippen LogP contribution in [0.25, 0.3) is 22.8 Å². The fourth-order valence-electron chi connectivity index (χ4n) is 5.22. The molecule has 0 amide bonds. The summed E-state index contributed by atoms with van der Waals surface area (Å²) in [5.74, 6) is 1.33. The van der Waals surface area contributed by atoms with Gasteiger partial charge in [0.15, 0.2) is 10.6 Å². The van der Waals surface area contributed by atoms with Crippen molar-refractivity contribution in [3.8, 4) is 34.3 Å². The summed E-state index contributed by atoms with van der Waals surface area (Å²) in [6.45, 7) is 8.89. The monoisotopic (exact) mass is 666 g/mol. The van der Waals surface area contributed by atoms with Gasteiger partial charge in [0.25, 0.3) is 0 Å². The van der Waals surface area contributed by atoms with Crippen LogP contribution in [0, 0.1) is 6.92 Å². The van der Waals surface area contributed by atoms with Crippen LogP contribution in [0.4, 0.5) is 13.2 Å². The van der Waals surface area contributed by atoms with Gasteiger partial charge in [0.1, 0.15) is 17.8 Å². The Morgan fingerprint density at radius 3 is 2.36 bits per heavy atom. The molecule has 0 radical (unpaired) electrons. The minimum Gasteiger partial charge on any atom is -0.497 e. The molecule has 2 atom stereocenters. The van der Waals surface area contributed by atoms with E-state index in [2.05, 4.69) is 50.5 Å². The predicted molar refractivity (Wildman–Crippen MR) is 175 cm³/mol. The number of rotatable bonds is 12. The van der Waals surface area contributed by atoms with Crippen LogP contribution in [0.15, 0.2) is 83.4 Å². The Labute approximate surface area is 275 Å². The van der Waals surface area contributed by atoms with Crippen molar-refractivity contribution in [1.29, 1.82) is 0 Å². The quantitative estimate of drug-likeness (QED) is 0.138. The first-order chi connectivity index (χ1) is 22.5. The van der Waals surface area contributed by atoms with Gasteiger partial charge < -0.3 is 14.6 Å². The van der Waals surface area contributed by atoms with E-state index < -0.39 is 12.7 Å². The molecule has 47 heavy (non-hydrogen) atoms. The van der Waals surface area contributed by atoms with Crippen molar-refractivity contribution in [2.24, 2.45) is 4.99 Å². The molecule has 5 rings (SSSR count). The third-order valence-corrected chi connectivity index (χ3v) is 8.67. The fourth-order valence-corrected chi connectivity index (χ4v) is 6.11. The summed E-state index contributed by atoms with van der Waals surface area (Å²) in [7, 11) is 1.66. The van der Waals surface area contributed by atoms with Crippen molar-refractivity contribution in [3.63, 3.8) is 0 Å². The highest BCUT2D eigenvalue weighted by atomic mass is 32.1. The average Bonchev–Trinajstić information content (AvgIpc) is 3.68. The zero-order valence-electron chi connectivity index (χ0n) is 26.7. The molecular formula is C34H37F3N6O3S. The molecular weight excluding hydrogens is 629 g/mol. The Morgan fingerprint density at radius 1 is 1.02 bits per heavy atom. The summed E-state index contributed by atoms with van der Waals surface area (Å²) < 4.78 is 50.3. The maximum Gasteiger partial charge on any atom is 0.573 e. The third-order valence-electron chi connectivity index (χ3n) is 7.72. The standard InChI is InChI=1S/C34H37F3N6O3S/c1-6-23(18-38-32(44)40-33-43(22(4)19-47-33)30-16-15-28(45-5)17-29(30)21(2)3)24-7-9-25(10-8-24)31-39-20-42(41-31)26-11-13-27(14-12-26)46-34(35,36)37/h7-17,19-21,23,32,38,44H,6,18H2,1-5H3. The molecule has 5 aromatic rings. The molecule has 3 aromatic carbocycles. The average molecular weight is 667 g/mol. The van der Waals surface area contributed by atoms with Gasteiger partial charge in [-0.2, -0.15) is 0 Å². The van der Waals surface area contributed by atoms with E-state index in [9.17, 15) is 18.3 Å². The number of aliphatic hydroxyl groups is 1. The van der Waals surface area contributed by atoms with E-state index in [0.717, 1.165) is 40.2 Å². The number of hydrogen-bond acceptors (Lipinski definition) is 8. The first-order valence-corrected chi connectivity index (χ1v) is 16.0. The molecule has 2 heterocycles. The van der Waals surface area contributed by atoms with Crippen LogP contribution in [-0.4, -0.2) is 50.8 Å². The van der Waals surface area contributed by atoms with E-state index in [1.165, 1.54) is 46.6 Å². The molecule has 0 aliphatic carbocycles. The summed E-state index contributed by atoms with van der Waals surface area (Å²) >= 11 is 1.47. The van der Waals surface area contributed by atoms with E-state index in [1.54, 1.807) is 7.11 Å².